The zero-order valence-corrected chi connectivity index (χ0v) is 11.1. The van der Waals surface area contributed by atoms with Gasteiger partial charge in [0.05, 0.1) is 16.8 Å². The average Bonchev–Trinajstić information content (AvgIpc) is 2.73. The summed E-state index contributed by atoms with van der Waals surface area (Å²) in [6, 6.07) is 6.72. The predicted molar refractivity (Wildman–Crippen MR) is 72.0 cm³/mol. The van der Waals surface area contributed by atoms with E-state index in [1.54, 1.807) is 11.5 Å². The van der Waals surface area contributed by atoms with Crippen molar-refractivity contribution in [2.24, 2.45) is 5.73 Å². The average molecular weight is 279 g/mol. The van der Waals surface area contributed by atoms with Gasteiger partial charge in [0, 0.05) is 0 Å². The van der Waals surface area contributed by atoms with E-state index in [9.17, 15) is 9.59 Å². The lowest BCUT2D eigenvalue weighted by atomic mass is 10.2. The van der Waals surface area contributed by atoms with Crippen LogP contribution in [0.25, 0.3) is 11.0 Å². The van der Waals surface area contributed by atoms with E-state index in [2.05, 4.69) is 4.98 Å². The Morgan fingerprint density at radius 2 is 2.16 bits per heavy atom. The molecule has 0 bridgehead atoms. The molecule has 0 radical (unpaired) electrons. The summed E-state index contributed by atoms with van der Waals surface area (Å²) in [5.41, 5.74) is 6.81. The maximum absolute atomic E-state index is 11.4. The number of carbonyl (C=O) groups is 2. The number of aromatic nitrogens is 2. The normalized spacial score (nSPS) is 12.5. The third-order valence-corrected chi connectivity index (χ3v) is 3.62. The summed E-state index contributed by atoms with van der Waals surface area (Å²) in [6.07, 6.45) is 0. The van der Waals surface area contributed by atoms with Gasteiger partial charge in [0.25, 0.3) is 0 Å². The van der Waals surface area contributed by atoms with Crippen molar-refractivity contribution in [1.82, 2.24) is 9.55 Å². The Hall–Kier alpha value is -2.02. The molecule has 6 nitrogen and oxygen atoms in total. The van der Waals surface area contributed by atoms with Crippen LogP contribution in [0, 0.1) is 0 Å². The van der Waals surface area contributed by atoms with E-state index in [0.717, 1.165) is 17.3 Å². The molecule has 19 heavy (non-hydrogen) atoms. The van der Waals surface area contributed by atoms with Gasteiger partial charge in [-0.2, -0.15) is 0 Å². The number of amides is 1. The Balaban J connectivity index is 2.51. The second kappa shape index (κ2) is 5.31. The minimum atomic E-state index is -0.935. The van der Waals surface area contributed by atoms with Crippen molar-refractivity contribution in [3.05, 3.63) is 24.3 Å². The Bertz CT molecular complexity index is 638. The highest BCUT2D eigenvalue weighted by Crippen LogP contribution is 2.27. The molecular weight excluding hydrogens is 266 g/mol. The van der Waals surface area contributed by atoms with Crippen molar-refractivity contribution < 1.29 is 14.7 Å². The summed E-state index contributed by atoms with van der Waals surface area (Å²) in [5, 5.41) is 9.22. The number of aliphatic carboxylic acids is 1. The third kappa shape index (κ3) is 2.70. The Morgan fingerprint density at radius 3 is 2.79 bits per heavy atom. The summed E-state index contributed by atoms with van der Waals surface area (Å²) in [5.74, 6) is -1.54. The van der Waals surface area contributed by atoms with Crippen molar-refractivity contribution in [2.45, 2.75) is 18.1 Å². The third-order valence-electron chi connectivity index (χ3n) is 2.69. The van der Waals surface area contributed by atoms with Crippen LogP contribution in [0.3, 0.4) is 0 Å². The maximum Gasteiger partial charge on any atom is 0.313 e. The van der Waals surface area contributed by atoms with E-state index in [-0.39, 0.29) is 5.75 Å². The first-order valence-corrected chi connectivity index (χ1v) is 6.60. The number of carboxylic acid groups (broad SMARTS) is 1. The van der Waals surface area contributed by atoms with E-state index >= 15 is 0 Å². The predicted octanol–water partition coefficient (Wildman–Crippen LogP) is 1.26. The number of nitrogens with two attached hydrogens (primary N) is 1. The Morgan fingerprint density at radius 1 is 1.47 bits per heavy atom. The minimum Gasteiger partial charge on any atom is -0.481 e. The number of para-hydroxylation sites is 2. The molecule has 0 saturated heterocycles. The zero-order chi connectivity index (χ0) is 14.0. The van der Waals surface area contributed by atoms with E-state index in [4.69, 9.17) is 10.8 Å². The molecule has 1 heterocycles. The topological polar surface area (TPSA) is 98.2 Å². The fourth-order valence-electron chi connectivity index (χ4n) is 1.75. The van der Waals surface area contributed by atoms with Gasteiger partial charge in [0.15, 0.2) is 5.16 Å². The van der Waals surface area contributed by atoms with Crippen LogP contribution in [0.4, 0.5) is 0 Å². The number of hydrogen-bond donors (Lipinski definition) is 2. The summed E-state index contributed by atoms with van der Waals surface area (Å²) >= 11 is 1.07. The molecule has 3 N–H and O–H groups in total. The Kier molecular flexibility index (Phi) is 3.75. The highest BCUT2D eigenvalue weighted by molar-refractivity contribution is 7.99. The fraction of sp³-hybridized carbons (Fsp3) is 0.250. The highest BCUT2D eigenvalue weighted by Gasteiger charge is 2.20. The molecule has 1 atom stereocenters. The molecule has 0 fully saturated rings. The van der Waals surface area contributed by atoms with Gasteiger partial charge in [-0.05, 0) is 19.1 Å². The van der Waals surface area contributed by atoms with Crippen LogP contribution >= 0.6 is 11.8 Å². The first-order valence-electron chi connectivity index (χ1n) is 5.61. The van der Waals surface area contributed by atoms with Gasteiger partial charge in [0.2, 0.25) is 5.91 Å². The quantitative estimate of drug-likeness (QED) is 0.803. The number of benzene rings is 1. The molecule has 1 amide bonds. The van der Waals surface area contributed by atoms with Gasteiger partial charge in [-0.15, -0.1) is 0 Å². The lowest BCUT2D eigenvalue weighted by molar-refractivity contribution is -0.133. The molecule has 100 valence electrons. The van der Waals surface area contributed by atoms with Crippen molar-refractivity contribution in [3.63, 3.8) is 0 Å². The largest absolute Gasteiger partial charge is 0.481 e. The lowest BCUT2D eigenvalue weighted by Gasteiger charge is -2.13. The van der Waals surface area contributed by atoms with E-state index < -0.39 is 17.9 Å². The van der Waals surface area contributed by atoms with Crippen LogP contribution in [-0.4, -0.2) is 32.3 Å². The number of fused-ring (bicyclic) bond motifs is 1. The van der Waals surface area contributed by atoms with Crippen LogP contribution in [0.5, 0.6) is 0 Å². The van der Waals surface area contributed by atoms with Crippen molar-refractivity contribution >= 4 is 34.7 Å². The SMILES string of the molecule is CC(C(N)=O)n1c(SCC(=O)O)nc2ccccc21. The Labute approximate surface area is 113 Å². The monoisotopic (exact) mass is 279 g/mol. The number of imidazole rings is 1. The smallest absolute Gasteiger partial charge is 0.313 e. The fourth-order valence-corrected chi connectivity index (χ4v) is 2.56. The van der Waals surface area contributed by atoms with Crippen LogP contribution in [0.15, 0.2) is 29.4 Å². The van der Waals surface area contributed by atoms with Crippen LogP contribution < -0.4 is 5.73 Å². The number of rotatable bonds is 5. The van der Waals surface area contributed by atoms with Gasteiger partial charge in [-0.3, -0.25) is 9.59 Å². The maximum atomic E-state index is 11.4. The molecule has 0 spiro atoms. The molecule has 2 aromatic rings. The zero-order valence-electron chi connectivity index (χ0n) is 10.2. The molecule has 0 saturated carbocycles. The van der Waals surface area contributed by atoms with E-state index in [1.165, 1.54) is 0 Å². The van der Waals surface area contributed by atoms with Crippen LogP contribution in [0.2, 0.25) is 0 Å². The van der Waals surface area contributed by atoms with E-state index in [0.29, 0.717) is 10.7 Å². The van der Waals surface area contributed by atoms with Crippen molar-refractivity contribution in [2.75, 3.05) is 5.75 Å². The molecule has 1 unspecified atom stereocenters. The molecular formula is C12H13N3O3S. The van der Waals surface area contributed by atoms with Gasteiger partial charge >= 0.3 is 5.97 Å². The molecule has 0 aliphatic rings. The molecule has 1 aromatic carbocycles. The molecule has 0 aliphatic heterocycles. The number of carboxylic acids is 1. The molecule has 7 heteroatoms. The highest BCUT2D eigenvalue weighted by atomic mass is 32.2. The van der Waals surface area contributed by atoms with Gasteiger partial charge in [-0.1, -0.05) is 23.9 Å². The van der Waals surface area contributed by atoms with Crippen molar-refractivity contribution in [3.8, 4) is 0 Å². The van der Waals surface area contributed by atoms with Crippen LogP contribution in [0.1, 0.15) is 13.0 Å². The lowest BCUT2D eigenvalue weighted by Crippen LogP contribution is -2.24. The number of nitrogens with zero attached hydrogens (tertiary/aromatic N) is 2. The number of thioether (sulfide) groups is 1. The second-order valence-electron chi connectivity index (χ2n) is 4.01. The number of primary amides is 1. The first kappa shape index (κ1) is 13.4. The van der Waals surface area contributed by atoms with Crippen molar-refractivity contribution in [1.29, 1.82) is 0 Å². The standard InChI is InChI=1S/C12H13N3O3S/c1-7(11(13)18)15-9-5-3-2-4-8(9)14-12(15)19-6-10(16)17/h2-5,7H,6H2,1H3,(H2,13,18)(H,16,17). The molecule has 0 aliphatic carbocycles. The summed E-state index contributed by atoms with van der Waals surface area (Å²) in [6.45, 7) is 1.67. The molecule has 2 rings (SSSR count). The van der Waals surface area contributed by atoms with Gasteiger partial charge in [-0.25, -0.2) is 4.98 Å². The van der Waals surface area contributed by atoms with Gasteiger partial charge < -0.3 is 15.4 Å². The van der Waals surface area contributed by atoms with Crippen LogP contribution in [-0.2, 0) is 9.59 Å². The second-order valence-corrected chi connectivity index (χ2v) is 4.96. The van der Waals surface area contributed by atoms with Gasteiger partial charge in [0.1, 0.15) is 6.04 Å². The number of carbonyl (C=O) groups excluding carboxylic acids is 1. The minimum absolute atomic E-state index is 0.116. The summed E-state index contributed by atoms with van der Waals surface area (Å²) < 4.78 is 1.67. The molecule has 1 aromatic heterocycles. The first-order chi connectivity index (χ1) is 9.00. The summed E-state index contributed by atoms with van der Waals surface area (Å²) in [4.78, 5) is 26.4. The van der Waals surface area contributed by atoms with E-state index in [1.807, 2.05) is 24.3 Å². The summed E-state index contributed by atoms with van der Waals surface area (Å²) in [7, 11) is 0. The number of hydrogen-bond acceptors (Lipinski definition) is 4.